The molecule has 0 N–H and O–H groups in total. The van der Waals surface area contributed by atoms with E-state index in [0.29, 0.717) is 12.8 Å². The van der Waals surface area contributed by atoms with Crippen molar-refractivity contribution < 1.29 is 27.3 Å². The zero-order valence-electron chi connectivity index (χ0n) is 14.6. The summed E-state index contributed by atoms with van der Waals surface area (Å²) in [7, 11) is -3.18. The second-order valence-electron chi connectivity index (χ2n) is 6.27. The minimum absolute atomic E-state index is 0.0219. The van der Waals surface area contributed by atoms with Crippen LogP contribution in [0, 0.1) is 15.9 Å². The molecule has 26 heavy (non-hydrogen) atoms. The maximum Gasteiger partial charge on any atom is 0.311 e. The van der Waals surface area contributed by atoms with Crippen molar-refractivity contribution in [2.75, 3.05) is 18.1 Å². The van der Waals surface area contributed by atoms with Crippen LogP contribution in [0.1, 0.15) is 26.7 Å². The fourth-order valence-electron chi connectivity index (χ4n) is 2.97. The van der Waals surface area contributed by atoms with Crippen LogP contribution in [0.4, 0.5) is 10.1 Å². The molecule has 2 rings (SSSR count). The van der Waals surface area contributed by atoms with E-state index >= 15 is 0 Å². The summed E-state index contributed by atoms with van der Waals surface area (Å²) in [5.74, 6) is -1.64. The largest absolute Gasteiger partial charge is 0.477 e. The van der Waals surface area contributed by atoms with Gasteiger partial charge in [-0.3, -0.25) is 14.9 Å². The lowest BCUT2D eigenvalue weighted by Crippen LogP contribution is -2.48. The monoisotopic (exact) mass is 388 g/mol. The van der Waals surface area contributed by atoms with Crippen molar-refractivity contribution in [3.05, 3.63) is 34.1 Å². The number of carbonyl (C=O) groups is 1. The number of nitrogens with zero attached hydrogens (tertiary/aromatic N) is 2. The Hall–Kier alpha value is -2.23. The number of rotatable bonds is 7. The average Bonchev–Trinajstić information content (AvgIpc) is 2.92. The zero-order valence-corrected chi connectivity index (χ0v) is 15.4. The van der Waals surface area contributed by atoms with Gasteiger partial charge >= 0.3 is 5.69 Å². The molecule has 0 spiro atoms. The van der Waals surface area contributed by atoms with Gasteiger partial charge in [0.15, 0.2) is 16.4 Å². The minimum Gasteiger partial charge on any atom is -0.477 e. The predicted molar refractivity (Wildman–Crippen MR) is 92.2 cm³/mol. The molecule has 1 aliphatic heterocycles. The fourth-order valence-corrected chi connectivity index (χ4v) is 4.68. The molecule has 0 unspecified atom stereocenters. The molecule has 1 aromatic carbocycles. The Labute approximate surface area is 151 Å². The number of halogens is 1. The van der Waals surface area contributed by atoms with Crippen LogP contribution in [0.25, 0.3) is 0 Å². The number of nitro benzene ring substituents is 1. The molecule has 0 aromatic heterocycles. The number of benzene rings is 1. The van der Waals surface area contributed by atoms with E-state index in [1.807, 2.05) is 6.92 Å². The fraction of sp³-hybridized carbons (Fsp3) is 0.562. The highest BCUT2D eigenvalue weighted by atomic mass is 32.2. The third-order valence-corrected chi connectivity index (χ3v) is 6.18. The molecule has 0 saturated carbocycles. The number of hydrogen-bond acceptors (Lipinski definition) is 6. The second kappa shape index (κ2) is 7.98. The molecule has 1 aliphatic rings. The number of ether oxygens (including phenoxy) is 1. The number of nitro groups is 1. The van der Waals surface area contributed by atoms with Crippen molar-refractivity contribution in [1.82, 2.24) is 4.90 Å². The number of hydrogen-bond donors (Lipinski definition) is 0. The molecule has 1 aromatic rings. The van der Waals surface area contributed by atoms with E-state index in [1.54, 1.807) is 6.92 Å². The van der Waals surface area contributed by atoms with E-state index < -0.39 is 44.8 Å². The summed E-state index contributed by atoms with van der Waals surface area (Å²) >= 11 is 0. The first-order chi connectivity index (χ1) is 12.1. The van der Waals surface area contributed by atoms with Gasteiger partial charge in [-0.1, -0.05) is 6.92 Å². The van der Waals surface area contributed by atoms with Crippen molar-refractivity contribution >= 4 is 21.4 Å². The molecule has 1 saturated heterocycles. The topological polar surface area (TPSA) is 107 Å². The molecule has 0 aliphatic carbocycles. The van der Waals surface area contributed by atoms with Crippen LogP contribution in [0.5, 0.6) is 5.75 Å². The molecule has 1 fully saturated rings. The van der Waals surface area contributed by atoms with Gasteiger partial charge in [0.25, 0.3) is 5.91 Å². The van der Waals surface area contributed by atoms with E-state index in [1.165, 1.54) is 4.90 Å². The first-order valence-electron chi connectivity index (χ1n) is 8.23. The lowest BCUT2D eigenvalue weighted by Gasteiger charge is -2.33. The molecular weight excluding hydrogens is 367 g/mol. The highest BCUT2D eigenvalue weighted by Crippen LogP contribution is 2.28. The Morgan fingerprint density at radius 1 is 1.50 bits per heavy atom. The van der Waals surface area contributed by atoms with Crippen LogP contribution >= 0.6 is 0 Å². The Bertz CT molecular complexity index is 798. The summed E-state index contributed by atoms with van der Waals surface area (Å²) in [5, 5.41) is 11.0. The van der Waals surface area contributed by atoms with E-state index in [4.69, 9.17) is 4.74 Å². The molecule has 1 heterocycles. The van der Waals surface area contributed by atoms with Crippen molar-refractivity contribution in [1.29, 1.82) is 0 Å². The Morgan fingerprint density at radius 3 is 2.73 bits per heavy atom. The van der Waals surface area contributed by atoms with Gasteiger partial charge in [0.2, 0.25) is 5.75 Å². The standard InChI is InChI=1S/C16H21FN2O6S/c1-3-11(2)18(13-6-7-26(23,24)10-13)16(20)9-25-15-8-12(17)4-5-14(15)19(21)22/h4-5,8,11,13H,3,6-7,9-10H2,1-2H3/t11-,13-/m1/s1. The van der Waals surface area contributed by atoms with Crippen molar-refractivity contribution in [3.8, 4) is 5.75 Å². The van der Waals surface area contributed by atoms with Gasteiger partial charge in [0.05, 0.1) is 16.4 Å². The summed E-state index contributed by atoms with van der Waals surface area (Å²) < 4.78 is 42.0. The zero-order chi connectivity index (χ0) is 19.5. The number of sulfone groups is 1. The average molecular weight is 388 g/mol. The van der Waals surface area contributed by atoms with Gasteiger partial charge in [-0.15, -0.1) is 0 Å². The van der Waals surface area contributed by atoms with Gasteiger partial charge in [0, 0.05) is 24.2 Å². The van der Waals surface area contributed by atoms with Crippen molar-refractivity contribution in [3.63, 3.8) is 0 Å². The maximum atomic E-state index is 13.3. The first kappa shape index (κ1) is 20.1. The summed E-state index contributed by atoms with van der Waals surface area (Å²) in [6.45, 7) is 3.13. The summed E-state index contributed by atoms with van der Waals surface area (Å²) in [5.41, 5.74) is -0.447. The lowest BCUT2D eigenvalue weighted by atomic mass is 10.1. The van der Waals surface area contributed by atoms with Gasteiger partial charge < -0.3 is 9.64 Å². The van der Waals surface area contributed by atoms with Crippen LogP contribution in [0.3, 0.4) is 0 Å². The highest BCUT2D eigenvalue weighted by Gasteiger charge is 2.36. The van der Waals surface area contributed by atoms with Crippen molar-refractivity contribution in [2.24, 2.45) is 0 Å². The molecule has 144 valence electrons. The quantitative estimate of drug-likeness (QED) is 0.522. The first-order valence-corrected chi connectivity index (χ1v) is 10.0. The highest BCUT2D eigenvalue weighted by molar-refractivity contribution is 7.91. The van der Waals surface area contributed by atoms with E-state index in [2.05, 4.69) is 0 Å². The summed E-state index contributed by atoms with van der Waals surface area (Å²) in [6.07, 6.45) is 0.959. The van der Waals surface area contributed by atoms with Crippen LogP contribution in [-0.4, -0.2) is 54.3 Å². The molecule has 1 amide bonds. The van der Waals surface area contributed by atoms with Crippen LogP contribution in [0.15, 0.2) is 18.2 Å². The third-order valence-electron chi connectivity index (χ3n) is 4.43. The van der Waals surface area contributed by atoms with E-state index in [-0.39, 0.29) is 23.3 Å². The normalized spacial score (nSPS) is 19.7. The predicted octanol–water partition coefficient (Wildman–Crippen LogP) is 1.93. The molecular formula is C16H21FN2O6S. The van der Waals surface area contributed by atoms with Crippen LogP contribution in [-0.2, 0) is 14.6 Å². The molecule has 0 bridgehead atoms. The summed E-state index contributed by atoms with van der Waals surface area (Å²) in [4.78, 5) is 24.4. The lowest BCUT2D eigenvalue weighted by molar-refractivity contribution is -0.385. The van der Waals surface area contributed by atoms with Crippen molar-refractivity contribution in [2.45, 2.75) is 38.8 Å². The minimum atomic E-state index is -3.18. The Morgan fingerprint density at radius 2 is 2.19 bits per heavy atom. The van der Waals surface area contributed by atoms with Gasteiger partial charge in [0.1, 0.15) is 5.82 Å². The van der Waals surface area contributed by atoms with Gasteiger partial charge in [-0.05, 0) is 25.8 Å². The van der Waals surface area contributed by atoms with Crippen LogP contribution < -0.4 is 4.74 Å². The van der Waals surface area contributed by atoms with E-state index in [9.17, 15) is 27.7 Å². The SMILES string of the molecule is CC[C@@H](C)N(C(=O)COc1cc(F)ccc1[N+](=O)[O-])[C@@H]1CCS(=O)(=O)C1. The molecule has 0 radical (unpaired) electrons. The maximum absolute atomic E-state index is 13.3. The Balaban J connectivity index is 2.16. The Kier molecular flexibility index (Phi) is 6.17. The molecule has 8 nitrogen and oxygen atoms in total. The smallest absolute Gasteiger partial charge is 0.311 e. The number of amides is 1. The third kappa shape index (κ3) is 4.69. The molecule has 2 atom stereocenters. The van der Waals surface area contributed by atoms with Gasteiger partial charge in [-0.25, -0.2) is 12.8 Å². The number of carbonyl (C=O) groups excluding carboxylic acids is 1. The summed E-state index contributed by atoms with van der Waals surface area (Å²) in [6, 6.07) is 2.08. The second-order valence-corrected chi connectivity index (χ2v) is 8.50. The van der Waals surface area contributed by atoms with Gasteiger partial charge in [-0.2, -0.15) is 0 Å². The van der Waals surface area contributed by atoms with Crippen LogP contribution in [0.2, 0.25) is 0 Å². The van der Waals surface area contributed by atoms with E-state index in [0.717, 1.165) is 18.2 Å². The molecule has 10 heteroatoms.